The fourth-order valence-corrected chi connectivity index (χ4v) is 7.65. The van der Waals surface area contributed by atoms with Gasteiger partial charge in [-0.3, -0.25) is 43.2 Å². The Balaban J connectivity index is 3.59. The maximum absolute atomic E-state index is 12.5. The van der Waals surface area contributed by atoms with Crippen molar-refractivity contribution in [3.63, 3.8) is 0 Å². The lowest BCUT2D eigenvalue weighted by atomic mass is 9.94. The SMILES string of the molecule is CC(N)C(=O)[C@H](C)NC(=O)COCCOCCNC(=O)COCCOCCNC(=O)COCCOCCNC(=O)COCCOCCNC(=O)CC[C@H](CC(=O)CCCCCCCCCCCCCCCCCCC(=O)O)C(=O)O. The highest BCUT2D eigenvalue weighted by atomic mass is 16.5. The lowest BCUT2D eigenvalue weighted by Gasteiger charge is -2.15. The average Bonchev–Trinajstić information content (AvgIpc) is 3.41. The smallest absolute Gasteiger partial charge is 0.306 e. The van der Waals surface area contributed by atoms with E-state index < -0.39 is 35.8 Å². The zero-order valence-electron chi connectivity index (χ0n) is 48.1. The number of ether oxygens (including phenoxy) is 8. The van der Waals surface area contributed by atoms with Crippen LogP contribution in [0.15, 0.2) is 0 Å². The standard InChI is InChI=1S/C55H100N6O19/c1-44(56)54(70)45(2)61-52(67)43-80-38-34-76-30-26-60-51(66)42-79-37-33-75-29-25-59-50(65)41-78-36-32-74-28-24-58-49(64)40-77-35-31-73-27-23-57-48(63)22-21-46(55(71)72)39-47(62)19-17-15-13-11-9-7-5-3-4-6-8-10-12-14-16-18-20-53(68)69/h44-46H,3-43,56H2,1-2H3,(H,57,63)(H,58,64)(H,59,65)(H,60,66)(H,61,67)(H,68,69)(H,71,72)/t44?,45-,46+/m0/s1. The number of ketones is 2. The number of rotatable bonds is 60. The van der Waals surface area contributed by atoms with E-state index in [1.807, 2.05) is 0 Å². The lowest BCUT2D eigenvalue weighted by molar-refractivity contribution is -0.144. The molecule has 0 heterocycles. The number of aliphatic carboxylic acids is 2. The van der Waals surface area contributed by atoms with Crippen LogP contribution in [0.2, 0.25) is 0 Å². The summed E-state index contributed by atoms with van der Waals surface area (Å²) in [4.78, 5) is 106. The third kappa shape index (κ3) is 52.6. The molecule has 25 heteroatoms. The summed E-state index contributed by atoms with van der Waals surface area (Å²) in [5.41, 5.74) is 5.51. The van der Waals surface area contributed by atoms with Crippen LogP contribution in [0.25, 0.3) is 0 Å². The normalized spacial score (nSPS) is 12.3. The number of nitrogens with two attached hydrogens (primary N) is 1. The fourth-order valence-electron chi connectivity index (χ4n) is 7.65. The van der Waals surface area contributed by atoms with Gasteiger partial charge in [0, 0.05) is 51.9 Å². The molecule has 0 aromatic heterocycles. The molecule has 9 N–H and O–H groups in total. The van der Waals surface area contributed by atoms with Gasteiger partial charge in [-0.05, 0) is 33.1 Å². The minimum atomic E-state index is -1.08. The zero-order chi connectivity index (χ0) is 59.1. The zero-order valence-corrected chi connectivity index (χ0v) is 48.1. The summed E-state index contributed by atoms with van der Waals surface area (Å²) >= 11 is 0. The number of hydrogen-bond acceptors (Lipinski definition) is 18. The van der Waals surface area contributed by atoms with Gasteiger partial charge in [0.05, 0.1) is 97.3 Å². The quantitative estimate of drug-likeness (QED) is 0.0406. The second kappa shape index (κ2) is 54.8. The molecule has 0 aromatic carbocycles. The van der Waals surface area contributed by atoms with Crippen LogP contribution in [-0.4, -0.2) is 207 Å². The van der Waals surface area contributed by atoms with Crippen molar-refractivity contribution in [3.05, 3.63) is 0 Å². The first-order chi connectivity index (χ1) is 38.6. The highest BCUT2D eigenvalue weighted by Crippen LogP contribution is 2.17. The van der Waals surface area contributed by atoms with Crippen molar-refractivity contribution < 1.29 is 91.3 Å². The summed E-state index contributed by atoms with van der Waals surface area (Å²) in [5, 5.41) is 31.4. The van der Waals surface area contributed by atoms with Gasteiger partial charge in [-0.2, -0.15) is 0 Å². The monoisotopic (exact) mass is 1150 g/mol. The van der Waals surface area contributed by atoms with Crippen LogP contribution in [0.3, 0.4) is 0 Å². The van der Waals surface area contributed by atoms with E-state index in [4.69, 9.17) is 48.7 Å². The van der Waals surface area contributed by atoms with Crippen molar-refractivity contribution in [2.75, 3.05) is 132 Å². The van der Waals surface area contributed by atoms with Crippen molar-refractivity contribution >= 4 is 53.0 Å². The third-order valence-electron chi connectivity index (χ3n) is 12.1. The van der Waals surface area contributed by atoms with E-state index in [0.29, 0.717) is 6.42 Å². The summed E-state index contributed by atoms with van der Waals surface area (Å²) in [6.07, 6.45) is 18.6. The van der Waals surface area contributed by atoms with Gasteiger partial charge >= 0.3 is 11.9 Å². The van der Waals surface area contributed by atoms with E-state index in [2.05, 4.69) is 26.6 Å². The molecule has 0 fully saturated rings. The van der Waals surface area contributed by atoms with E-state index in [1.165, 1.54) is 57.8 Å². The fraction of sp³-hybridized carbons (Fsp3) is 0.836. The molecule has 25 nitrogen and oxygen atoms in total. The first-order valence-electron chi connectivity index (χ1n) is 28.9. The van der Waals surface area contributed by atoms with E-state index in [1.54, 1.807) is 13.8 Å². The van der Waals surface area contributed by atoms with E-state index in [-0.39, 0.29) is 193 Å². The maximum Gasteiger partial charge on any atom is 0.306 e. The van der Waals surface area contributed by atoms with Gasteiger partial charge in [-0.15, -0.1) is 0 Å². The number of carboxylic acid groups (broad SMARTS) is 2. The molecular weight excluding hydrogens is 1050 g/mol. The van der Waals surface area contributed by atoms with Gasteiger partial charge < -0.3 is 80.4 Å². The molecule has 0 radical (unpaired) electrons. The summed E-state index contributed by atoms with van der Waals surface area (Å²) in [6, 6.07) is -1.37. The van der Waals surface area contributed by atoms with Crippen molar-refractivity contribution in [1.82, 2.24) is 26.6 Å². The number of Topliss-reactive ketones (excluding diaryl/α,β-unsaturated/α-hetero) is 2. The van der Waals surface area contributed by atoms with Crippen LogP contribution < -0.4 is 32.3 Å². The molecule has 0 aromatic rings. The molecule has 80 heavy (non-hydrogen) atoms. The largest absolute Gasteiger partial charge is 0.481 e. The van der Waals surface area contributed by atoms with Crippen LogP contribution >= 0.6 is 0 Å². The number of carbonyl (C=O) groups excluding carboxylic acids is 7. The third-order valence-corrected chi connectivity index (χ3v) is 12.1. The number of unbranched alkanes of at least 4 members (excludes halogenated alkanes) is 15. The Hall–Kier alpha value is -4.73. The van der Waals surface area contributed by atoms with Gasteiger partial charge in [0.15, 0.2) is 5.78 Å². The highest BCUT2D eigenvalue weighted by Gasteiger charge is 2.22. The molecule has 0 spiro atoms. The first-order valence-corrected chi connectivity index (χ1v) is 28.9. The number of carboxylic acids is 2. The van der Waals surface area contributed by atoms with Gasteiger partial charge in [0.25, 0.3) is 0 Å². The van der Waals surface area contributed by atoms with E-state index in [0.717, 1.165) is 44.9 Å². The molecule has 464 valence electrons. The van der Waals surface area contributed by atoms with Crippen LogP contribution in [0, 0.1) is 5.92 Å². The van der Waals surface area contributed by atoms with E-state index >= 15 is 0 Å². The van der Waals surface area contributed by atoms with Crippen molar-refractivity contribution in [2.45, 2.75) is 161 Å². The van der Waals surface area contributed by atoms with Gasteiger partial charge in [-0.25, -0.2) is 0 Å². The molecule has 0 rings (SSSR count). The second-order valence-corrected chi connectivity index (χ2v) is 19.4. The Morgan fingerprint density at radius 1 is 0.388 bits per heavy atom. The first kappa shape index (κ1) is 75.3. The van der Waals surface area contributed by atoms with Crippen molar-refractivity contribution in [1.29, 1.82) is 0 Å². The Morgan fingerprint density at radius 3 is 1.04 bits per heavy atom. The molecule has 0 saturated heterocycles. The molecule has 0 bridgehead atoms. The predicted molar refractivity (Wildman–Crippen MR) is 296 cm³/mol. The molecule has 0 aliphatic rings. The molecule has 0 aliphatic carbocycles. The van der Waals surface area contributed by atoms with Crippen LogP contribution in [0.1, 0.15) is 149 Å². The molecule has 0 aliphatic heterocycles. The lowest BCUT2D eigenvalue weighted by Crippen LogP contribution is -2.46. The second-order valence-electron chi connectivity index (χ2n) is 19.4. The predicted octanol–water partition coefficient (Wildman–Crippen LogP) is 2.55. The maximum atomic E-state index is 12.5. The Kier molecular flexibility index (Phi) is 51.6. The van der Waals surface area contributed by atoms with Crippen LogP contribution in [0.4, 0.5) is 0 Å². The minimum absolute atomic E-state index is 0.0148. The Morgan fingerprint density at radius 2 is 0.700 bits per heavy atom. The van der Waals surface area contributed by atoms with Crippen molar-refractivity contribution in [2.24, 2.45) is 11.7 Å². The topological polar surface area (TPSA) is 354 Å². The summed E-state index contributed by atoms with van der Waals surface area (Å²) < 4.78 is 42.6. The molecular formula is C55H100N6O19. The van der Waals surface area contributed by atoms with Crippen molar-refractivity contribution in [3.8, 4) is 0 Å². The number of hydrogen-bond donors (Lipinski definition) is 8. The molecule has 1 unspecified atom stereocenters. The molecule has 3 atom stereocenters. The average molecular weight is 1150 g/mol. The molecule has 5 amide bonds. The summed E-state index contributed by atoms with van der Waals surface area (Å²) in [5.74, 6) is -4.82. The number of nitrogens with one attached hydrogen (secondary N) is 5. The minimum Gasteiger partial charge on any atom is -0.481 e. The number of amides is 5. The Labute approximate surface area is 473 Å². The van der Waals surface area contributed by atoms with Gasteiger partial charge in [0.1, 0.15) is 32.2 Å². The van der Waals surface area contributed by atoms with Crippen LogP contribution in [0.5, 0.6) is 0 Å². The van der Waals surface area contributed by atoms with Crippen LogP contribution in [-0.2, 0) is 81.0 Å². The summed E-state index contributed by atoms with van der Waals surface area (Å²) in [6.45, 7) is 5.69. The number of carbonyl (C=O) groups is 9. The van der Waals surface area contributed by atoms with Gasteiger partial charge in [-0.1, -0.05) is 89.9 Å². The van der Waals surface area contributed by atoms with Gasteiger partial charge in [0.2, 0.25) is 29.5 Å². The summed E-state index contributed by atoms with van der Waals surface area (Å²) in [7, 11) is 0. The Bertz CT molecular complexity index is 1660. The molecule has 0 saturated carbocycles. The highest BCUT2D eigenvalue weighted by molar-refractivity contribution is 5.92. The van der Waals surface area contributed by atoms with E-state index in [9.17, 15) is 48.3 Å².